The number of nitrogens with zero attached hydrogens (tertiary/aromatic N) is 2. The minimum atomic E-state index is -3.26. The zero-order valence-electron chi connectivity index (χ0n) is 31.5. The highest BCUT2D eigenvalue weighted by Gasteiger charge is 2.17. The van der Waals surface area contributed by atoms with Gasteiger partial charge in [-0.2, -0.15) is 5.10 Å². The summed E-state index contributed by atoms with van der Waals surface area (Å²) in [5, 5.41) is 10.5. The minimum absolute atomic E-state index is 0.0279. The van der Waals surface area contributed by atoms with Crippen molar-refractivity contribution in [1.82, 2.24) is 36.3 Å². The third-order valence-electron chi connectivity index (χ3n) is 9.28. The lowest BCUT2D eigenvalue weighted by atomic mass is 10.0. The molecule has 2 amide bonds. The molecule has 2 rings (SSSR count). The maximum atomic E-state index is 12.3. The fourth-order valence-electron chi connectivity index (χ4n) is 6.11. The second-order valence-corrected chi connectivity index (χ2v) is 16.1. The van der Waals surface area contributed by atoms with Crippen LogP contribution in [0.1, 0.15) is 141 Å². The number of aryl methyl sites for hydroxylation is 1. The van der Waals surface area contributed by atoms with Gasteiger partial charge in [-0.05, 0) is 57.9 Å². The van der Waals surface area contributed by atoms with Crippen LogP contribution in [-0.2, 0) is 20.8 Å². The number of hydrogen-bond acceptors (Lipinski definition) is 11. The van der Waals surface area contributed by atoms with Crippen LogP contribution in [-0.4, -0.2) is 80.4 Å². The van der Waals surface area contributed by atoms with E-state index in [1.165, 1.54) is 69.9 Å². The molecule has 1 aliphatic heterocycles. The van der Waals surface area contributed by atoms with Crippen molar-refractivity contribution in [3.63, 3.8) is 0 Å². The van der Waals surface area contributed by atoms with Gasteiger partial charge in [-0.1, -0.05) is 89.2 Å². The summed E-state index contributed by atoms with van der Waals surface area (Å²) in [4.78, 5) is 43.4. The Morgan fingerprint density at radius 2 is 1.52 bits per heavy atom. The largest absolute Gasteiger partial charge is 0.368 e. The van der Waals surface area contributed by atoms with Crippen LogP contribution in [0.5, 0.6) is 0 Å². The van der Waals surface area contributed by atoms with E-state index in [9.17, 15) is 23.5 Å². The Labute approximate surface area is 313 Å². The van der Waals surface area contributed by atoms with Crippen LogP contribution in [0, 0.1) is 0 Å². The number of rotatable bonds is 35. The lowest BCUT2D eigenvalue weighted by molar-refractivity contribution is -0.120. The number of imidazole rings is 1. The van der Waals surface area contributed by atoms with Gasteiger partial charge < -0.3 is 21.4 Å². The standard InChI is InChI=1S/C37H69N9O5S/c1-31(22-23-32-27-40-30-42-32)26-41-35(37(38)49)20-15-16-24-39-29-34(47)19-17-25-52(50,51)45-36(48)21-14-12-10-8-6-4-2-3-5-7-9-11-13-18-33-28-43-46-44-33/h27,30,35,39,41,43,46,50-51H,1-26,28-29H2,(H2,38,49)(H,40,42)(H,45,48)/t35-/m0/s1. The summed E-state index contributed by atoms with van der Waals surface area (Å²) >= 11 is 0. The maximum absolute atomic E-state index is 12.3. The van der Waals surface area contributed by atoms with Gasteiger partial charge in [0, 0.05) is 31.3 Å². The maximum Gasteiger partial charge on any atom is 0.237 e. The fraction of sp³-hybridized carbons (Fsp3) is 0.757. The van der Waals surface area contributed by atoms with Gasteiger partial charge in [0.05, 0.1) is 36.9 Å². The monoisotopic (exact) mass is 752 g/mol. The van der Waals surface area contributed by atoms with Crippen molar-refractivity contribution in [3.05, 3.63) is 30.4 Å². The van der Waals surface area contributed by atoms with E-state index in [0.29, 0.717) is 19.5 Å². The third kappa shape index (κ3) is 24.4. The number of nitrogens with one attached hydrogen (secondary N) is 6. The number of hydrogen-bond donors (Lipinski definition) is 9. The van der Waals surface area contributed by atoms with Crippen molar-refractivity contribution >= 4 is 34.1 Å². The number of hydrazine groups is 1. The molecule has 0 bridgehead atoms. The quantitative estimate of drug-likeness (QED) is 0.0311. The van der Waals surface area contributed by atoms with Gasteiger partial charge in [0.1, 0.15) is 5.78 Å². The topological polar surface area (TPSA) is 219 Å². The summed E-state index contributed by atoms with van der Waals surface area (Å²) in [6.45, 7) is 6.26. The van der Waals surface area contributed by atoms with E-state index >= 15 is 0 Å². The zero-order valence-corrected chi connectivity index (χ0v) is 32.3. The molecule has 0 spiro atoms. The molecule has 52 heavy (non-hydrogen) atoms. The first-order chi connectivity index (χ1) is 25.1. The first kappa shape index (κ1) is 45.3. The van der Waals surface area contributed by atoms with Gasteiger partial charge in [0.2, 0.25) is 11.8 Å². The molecule has 1 aliphatic rings. The fourth-order valence-corrected chi connectivity index (χ4v) is 7.22. The molecule has 0 radical (unpaired) electrons. The number of Topliss-reactive ketones (excluding diaryl/α,β-unsaturated/α-hetero) is 1. The highest BCUT2D eigenvalue weighted by atomic mass is 32.3. The number of carbonyl (C=O) groups is 3. The Kier molecular flexibility index (Phi) is 25.0. The van der Waals surface area contributed by atoms with Crippen LogP contribution in [0.4, 0.5) is 0 Å². The van der Waals surface area contributed by atoms with Gasteiger partial charge in [-0.15, -0.1) is 10.8 Å². The van der Waals surface area contributed by atoms with Gasteiger partial charge in [0.25, 0.3) is 0 Å². The van der Waals surface area contributed by atoms with Crippen LogP contribution < -0.4 is 32.0 Å². The molecular formula is C37H69N9O5S. The summed E-state index contributed by atoms with van der Waals surface area (Å²) in [7, 11) is -3.26. The third-order valence-corrected chi connectivity index (χ3v) is 10.7. The number of H-pyrrole nitrogens is 1. The highest BCUT2D eigenvalue weighted by Crippen LogP contribution is 2.34. The van der Waals surface area contributed by atoms with Crippen LogP contribution in [0.25, 0.3) is 0 Å². The van der Waals surface area contributed by atoms with Crippen molar-refractivity contribution < 1.29 is 23.5 Å². The van der Waals surface area contributed by atoms with E-state index in [1.54, 1.807) is 12.5 Å². The molecule has 0 aliphatic carbocycles. The van der Waals surface area contributed by atoms with E-state index in [0.717, 1.165) is 69.2 Å². The molecule has 0 fully saturated rings. The van der Waals surface area contributed by atoms with Crippen LogP contribution in [0.3, 0.4) is 0 Å². The van der Waals surface area contributed by atoms with Crippen molar-refractivity contribution in [1.29, 1.82) is 0 Å². The normalized spacial score (nSPS) is 13.8. The summed E-state index contributed by atoms with van der Waals surface area (Å²) in [5.74, 6) is -0.805. The average Bonchev–Trinajstić information content (AvgIpc) is 3.83. The number of amides is 2. The Bertz CT molecular complexity index is 1170. The number of aromatic nitrogens is 2. The van der Waals surface area contributed by atoms with E-state index in [1.807, 2.05) is 0 Å². The van der Waals surface area contributed by atoms with Crippen molar-refractivity contribution in [2.24, 2.45) is 10.8 Å². The number of carbonyl (C=O) groups excluding carboxylic acids is 3. The molecule has 1 aromatic heterocycles. The molecule has 1 aromatic rings. The number of unbranched alkanes of at least 4 members (excludes halogenated alkanes) is 13. The van der Waals surface area contributed by atoms with Crippen LogP contribution in [0.2, 0.25) is 0 Å². The molecule has 2 heterocycles. The van der Waals surface area contributed by atoms with Gasteiger partial charge in [-0.3, -0.25) is 28.2 Å². The summed E-state index contributed by atoms with van der Waals surface area (Å²) in [6.07, 6.45) is 24.5. The first-order valence-corrected chi connectivity index (χ1v) is 21.3. The Morgan fingerprint density at radius 3 is 2.13 bits per heavy atom. The molecule has 1 atom stereocenters. The van der Waals surface area contributed by atoms with Crippen LogP contribution >= 0.6 is 10.8 Å². The first-order valence-electron chi connectivity index (χ1n) is 19.6. The number of nitrogens with two attached hydrogens (primary N) is 1. The van der Waals surface area contributed by atoms with Crippen LogP contribution in [0.15, 0.2) is 29.8 Å². The molecule has 0 aromatic carbocycles. The van der Waals surface area contributed by atoms with Gasteiger partial charge >= 0.3 is 0 Å². The molecule has 15 heteroatoms. The van der Waals surface area contributed by atoms with E-state index in [-0.39, 0.29) is 43.3 Å². The number of primary amides is 1. The predicted molar refractivity (Wildman–Crippen MR) is 212 cm³/mol. The molecule has 0 unspecified atom stereocenters. The molecule has 10 N–H and O–H groups in total. The number of ketones is 1. The van der Waals surface area contributed by atoms with E-state index in [4.69, 9.17) is 5.73 Å². The minimum Gasteiger partial charge on any atom is -0.368 e. The van der Waals surface area contributed by atoms with E-state index in [2.05, 4.69) is 48.0 Å². The number of hydrazone groups is 1. The molecule has 14 nitrogen and oxygen atoms in total. The van der Waals surface area contributed by atoms with Crippen molar-refractivity contribution in [2.75, 3.05) is 31.9 Å². The molecule has 298 valence electrons. The van der Waals surface area contributed by atoms with E-state index < -0.39 is 22.7 Å². The van der Waals surface area contributed by atoms with Crippen molar-refractivity contribution in [3.8, 4) is 0 Å². The average molecular weight is 752 g/mol. The Morgan fingerprint density at radius 1 is 0.846 bits per heavy atom. The smallest absolute Gasteiger partial charge is 0.237 e. The molecular weight excluding hydrogens is 683 g/mol. The van der Waals surface area contributed by atoms with Gasteiger partial charge in [-0.25, -0.2) is 15.9 Å². The lowest BCUT2D eigenvalue weighted by Gasteiger charge is -2.32. The van der Waals surface area contributed by atoms with Gasteiger partial charge in [0.15, 0.2) is 0 Å². The summed E-state index contributed by atoms with van der Waals surface area (Å²) in [6, 6.07) is -0.439. The van der Waals surface area contributed by atoms with Crippen molar-refractivity contribution in [2.45, 2.75) is 147 Å². The molecule has 0 saturated heterocycles. The predicted octanol–water partition coefficient (Wildman–Crippen LogP) is 5.55. The second-order valence-electron chi connectivity index (χ2n) is 14.1. The molecule has 0 saturated carbocycles. The SMILES string of the molecule is C=C(CCc1cnc[nH]1)CN[C@@H](CCCCNCC(=O)CCCS(O)(O)NC(=O)CCCCCCCCCCCCCCCC1=NNNC1)C(N)=O. The number of aromatic amines is 1. The Hall–Kier alpha value is -2.82. The lowest BCUT2D eigenvalue weighted by Crippen LogP contribution is -2.42. The highest BCUT2D eigenvalue weighted by molar-refractivity contribution is 8.23. The summed E-state index contributed by atoms with van der Waals surface area (Å²) in [5.41, 5.74) is 14.6. The summed E-state index contributed by atoms with van der Waals surface area (Å²) < 4.78 is 22.9. The second kappa shape index (κ2) is 28.7. The zero-order chi connectivity index (χ0) is 37.7. The Balaban J connectivity index is 1.36.